The van der Waals surface area contributed by atoms with Crippen LogP contribution in [0.4, 0.5) is 10.2 Å². The van der Waals surface area contributed by atoms with E-state index in [9.17, 15) is 14.0 Å². The van der Waals surface area contributed by atoms with Gasteiger partial charge in [0.2, 0.25) is 11.8 Å². The van der Waals surface area contributed by atoms with Gasteiger partial charge in [0, 0.05) is 18.9 Å². The van der Waals surface area contributed by atoms with Crippen molar-refractivity contribution in [3.05, 3.63) is 24.0 Å². The molecule has 1 aliphatic heterocycles. The van der Waals surface area contributed by atoms with Crippen LogP contribution in [0.3, 0.4) is 0 Å². The molecule has 0 spiro atoms. The van der Waals surface area contributed by atoms with Crippen LogP contribution in [0.2, 0.25) is 0 Å². The minimum Gasteiger partial charge on any atom is -0.331 e. The van der Waals surface area contributed by atoms with Crippen LogP contribution >= 0.6 is 0 Å². The van der Waals surface area contributed by atoms with E-state index in [0.29, 0.717) is 29.7 Å². The number of carbonyl (C=O) groups is 2. The number of nitrogens with zero attached hydrogens (tertiary/aromatic N) is 2. The van der Waals surface area contributed by atoms with Gasteiger partial charge in [-0.15, -0.1) is 0 Å². The van der Waals surface area contributed by atoms with Crippen LogP contribution in [-0.4, -0.2) is 39.5 Å². The van der Waals surface area contributed by atoms with E-state index < -0.39 is 6.04 Å². The van der Waals surface area contributed by atoms with E-state index in [1.807, 2.05) is 0 Å². The van der Waals surface area contributed by atoms with Crippen molar-refractivity contribution >= 4 is 28.5 Å². The van der Waals surface area contributed by atoms with Crippen molar-refractivity contribution < 1.29 is 14.0 Å². The normalized spacial score (nSPS) is 18.2. The van der Waals surface area contributed by atoms with E-state index in [4.69, 9.17) is 0 Å². The van der Waals surface area contributed by atoms with Crippen LogP contribution in [-0.2, 0) is 9.59 Å². The number of H-pyrrole nitrogens is 1. The molecule has 0 bridgehead atoms. The lowest BCUT2D eigenvalue weighted by Crippen LogP contribution is -2.42. The topological polar surface area (TPSA) is 78.1 Å². The number of anilines is 1. The smallest absolute Gasteiger partial charge is 0.248 e. The van der Waals surface area contributed by atoms with Crippen LogP contribution in [0.1, 0.15) is 19.8 Å². The first-order valence-electron chi connectivity index (χ1n) is 6.78. The van der Waals surface area contributed by atoms with Crippen LogP contribution in [0.5, 0.6) is 0 Å². The van der Waals surface area contributed by atoms with Gasteiger partial charge in [-0.05, 0) is 31.0 Å². The van der Waals surface area contributed by atoms with Crippen LogP contribution in [0, 0.1) is 5.82 Å². The molecule has 110 valence electrons. The Bertz CT molecular complexity index is 712. The number of likely N-dealkylation sites (tertiary alicyclic amines) is 1. The lowest BCUT2D eigenvalue weighted by atomic mass is 10.2. The summed E-state index contributed by atoms with van der Waals surface area (Å²) >= 11 is 0. The van der Waals surface area contributed by atoms with Crippen molar-refractivity contribution in [2.24, 2.45) is 0 Å². The number of amides is 2. The highest BCUT2D eigenvalue weighted by Gasteiger charge is 2.32. The minimum atomic E-state index is -0.463. The zero-order valence-corrected chi connectivity index (χ0v) is 11.5. The van der Waals surface area contributed by atoms with Gasteiger partial charge in [-0.3, -0.25) is 14.7 Å². The number of aromatic amines is 1. The molecule has 0 saturated carbocycles. The van der Waals surface area contributed by atoms with Gasteiger partial charge in [0.25, 0.3) is 0 Å². The average molecular weight is 290 g/mol. The molecule has 0 aliphatic carbocycles. The maximum Gasteiger partial charge on any atom is 0.248 e. The van der Waals surface area contributed by atoms with Gasteiger partial charge in [-0.2, -0.15) is 5.10 Å². The molecule has 1 aromatic carbocycles. The van der Waals surface area contributed by atoms with Gasteiger partial charge in [0.05, 0.1) is 5.52 Å². The third-order valence-corrected chi connectivity index (χ3v) is 3.73. The third-order valence-electron chi connectivity index (χ3n) is 3.73. The molecule has 1 aliphatic rings. The number of aromatic nitrogens is 2. The van der Waals surface area contributed by atoms with Gasteiger partial charge in [-0.1, -0.05) is 0 Å². The van der Waals surface area contributed by atoms with E-state index in [1.165, 1.54) is 19.1 Å². The van der Waals surface area contributed by atoms with Gasteiger partial charge in [0.1, 0.15) is 11.9 Å². The quantitative estimate of drug-likeness (QED) is 0.882. The van der Waals surface area contributed by atoms with Gasteiger partial charge < -0.3 is 10.2 Å². The zero-order chi connectivity index (χ0) is 15.0. The Hall–Kier alpha value is -2.44. The summed E-state index contributed by atoms with van der Waals surface area (Å²) in [6.07, 6.45) is 1.45. The molecule has 1 atom stereocenters. The van der Waals surface area contributed by atoms with Crippen molar-refractivity contribution in [2.75, 3.05) is 11.9 Å². The summed E-state index contributed by atoms with van der Waals surface area (Å²) in [6.45, 7) is 2.05. The predicted octanol–water partition coefficient (Wildman–Crippen LogP) is 1.65. The Morgan fingerprint density at radius 3 is 3.05 bits per heavy atom. The molecule has 2 amide bonds. The Labute approximate surface area is 120 Å². The largest absolute Gasteiger partial charge is 0.331 e. The molecule has 6 nitrogen and oxygen atoms in total. The Kier molecular flexibility index (Phi) is 3.32. The Balaban J connectivity index is 1.82. The van der Waals surface area contributed by atoms with Crippen molar-refractivity contribution in [2.45, 2.75) is 25.8 Å². The van der Waals surface area contributed by atoms with E-state index in [1.54, 1.807) is 11.0 Å². The SMILES string of the molecule is CC(=O)N1CCC[C@@H]1C(=O)Nc1n[nH]c2cc(F)ccc12. The molecule has 21 heavy (non-hydrogen) atoms. The van der Waals surface area contributed by atoms with Crippen LogP contribution < -0.4 is 5.32 Å². The highest BCUT2D eigenvalue weighted by molar-refractivity contribution is 6.02. The van der Waals surface area contributed by atoms with E-state index in [-0.39, 0.29) is 17.6 Å². The number of halogens is 1. The minimum absolute atomic E-state index is 0.110. The highest BCUT2D eigenvalue weighted by Crippen LogP contribution is 2.23. The van der Waals surface area contributed by atoms with Crippen molar-refractivity contribution in [1.82, 2.24) is 15.1 Å². The zero-order valence-electron chi connectivity index (χ0n) is 11.5. The fourth-order valence-corrected chi connectivity index (χ4v) is 2.70. The molecule has 0 unspecified atom stereocenters. The predicted molar refractivity (Wildman–Crippen MR) is 75.1 cm³/mol. The second kappa shape index (κ2) is 5.16. The first-order chi connectivity index (χ1) is 10.1. The van der Waals surface area contributed by atoms with Crippen molar-refractivity contribution in [3.63, 3.8) is 0 Å². The third kappa shape index (κ3) is 2.46. The summed E-state index contributed by atoms with van der Waals surface area (Å²) in [7, 11) is 0. The highest BCUT2D eigenvalue weighted by atomic mass is 19.1. The van der Waals surface area contributed by atoms with Gasteiger partial charge >= 0.3 is 0 Å². The number of hydrogen-bond donors (Lipinski definition) is 2. The molecule has 2 N–H and O–H groups in total. The first kappa shape index (κ1) is 13.5. The number of fused-ring (bicyclic) bond motifs is 1. The van der Waals surface area contributed by atoms with Crippen LogP contribution in [0.15, 0.2) is 18.2 Å². The molecule has 0 radical (unpaired) electrons. The maximum atomic E-state index is 13.1. The fraction of sp³-hybridized carbons (Fsp3) is 0.357. The van der Waals surface area contributed by atoms with E-state index in [2.05, 4.69) is 15.5 Å². The maximum absolute atomic E-state index is 13.1. The second-order valence-electron chi connectivity index (χ2n) is 5.12. The van der Waals surface area contributed by atoms with Gasteiger partial charge in [0.15, 0.2) is 5.82 Å². The molecule has 3 rings (SSSR count). The summed E-state index contributed by atoms with van der Waals surface area (Å²) in [5, 5.41) is 10.0. The standard InChI is InChI=1S/C14H15FN4O2/c1-8(20)19-6-2-3-12(19)14(21)16-13-10-5-4-9(15)7-11(10)17-18-13/h4-5,7,12H,2-3,6H2,1H3,(H2,16,17,18,21)/t12-/m1/s1. The number of carbonyl (C=O) groups excluding carboxylic acids is 2. The van der Waals surface area contributed by atoms with E-state index >= 15 is 0 Å². The summed E-state index contributed by atoms with van der Waals surface area (Å²) in [6, 6.07) is 3.72. The number of nitrogens with one attached hydrogen (secondary N) is 2. The number of benzene rings is 1. The average Bonchev–Trinajstić information content (AvgIpc) is 3.05. The Morgan fingerprint density at radius 2 is 2.29 bits per heavy atom. The molecular formula is C14H15FN4O2. The number of hydrogen-bond acceptors (Lipinski definition) is 3. The molecule has 1 fully saturated rings. The summed E-state index contributed by atoms with van der Waals surface area (Å²) in [5.74, 6) is -0.394. The molecule has 1 aromatic heterocycles. The Morgan fingerprint density at radius 1 is 1.48 bits per heavy atom. The van der Waals surface area contributed by atoms with Crippen LogP contribution in [0.25, 0.3) is 10.9 Å². The summed E-state index contributed by atoms with van der Waals surface area (Å²) < 4.78 is 13.1. The van der Waals surface area contributed by atoms with Gasteiger partial charge in [-0.25, -0.2) is 4.39 Å². The van der Waals surface area contributed by atoms with E-state index in [0.717, 1.165) is 6.42 Å². The van der Waals surface area contributed by atoms with Crippen molar-refractivity contribution in [3.8, 4) is 0 Å². The molecule has 1 saturated heterocycles. The molecule has 2 heterocycles. The van der Waals surface area contributed by atoms with Crippen molar-refractivity contribution in [1.29, 1.82) is 0 Å². The lowest BCUT2D eigenvalue weighted by Gasteiger charge is -2.21. The fourth-order valence-electron chi connectivity index (χ4n) is 2.70. The summed E-state index contributed by atoms with van der Waals surface area (Å²) in [5.41, 5.74) is 0.514. The molecule has 7 heteroatoms. The second-order valence-corrected chi connectivity index (χ2v) is 5.12. The summed E-state index contributed by atoms with van der Waals surface area (Å²) in [4.78, 5) is 25.4. The lowest BCUT2D eigenvalue weighted by molar-refractivity contribution is -0.134. The number of rotatable bonds is 2. The first-order valence-corrected chi connectivity index (χ1v) is 6.78. The molecular weight excluding hydrogens is 275 g/mol. The molecule has 2 aromatic rings. The monoisotopic (exact) mass is 290 g/mol.